The smallest absolute Gasteiger partial charge is 0.258 e. The summed E-state index contributed by atoms with van der Waals surface area (Å²) in [6, 6.07) is 3.96. The van der Waals surface area contributed by atoms with Crippen molar-refractivity contribution in [2.24, 2.45) is 0 Å². The highest BCUT2D eigenvalue weighted by Gasteiger charge is 2.16. The molecule has 0 radical (unpaired) electrons. The molecular weight excluding hydrogens is 273 g/mol. The second-order valence-corrected chi connectivity index (χ2v) is 4.71. The molecule has 0 spiro atoms. The predicted octanol–water partition coefficient (Wildman–Crippen LogP) is 2.15. The van der Waals surface area contributed by atoms with Gasteiger partial charge in [0.25, 0.3) is 5.91 Å². The van der Waals surface area contributed by atoms with Crippen molar-refractivity contribution in [1.82, 2.24) is 5.32 Å². The van der Waals surface area contributed by atoms with Crippen LogP contribution in [0, 0.1) is 5.82 Å². The zero-order chi connectivity index (χ0) is 13.7. The maximum Gasteiger partial charge on any atom is 0.258 e. The maximum absolute atomic E-state index is 12.9. The molecule has 2 rings (SSSR count). The van der Waals surface area contributed by atoms with E-state index in [1.807, 2.05) is 0 Å². The van der Waals surface area contributed by atoms with E-state index in [-0.39, 0.29) is 23.6 Å². The fourth-order valence-electron chi connectivity index (χ4n) is 1.80. The molecule has 1 N–H and O–H groups in total. The number of amides is 1. The number of hydrogen-bond donors (Lipinski definition) is 1. The number of carbonyl (C=O) groups excluding carboxylic acids is 1. The van der Waals surface area contributed by atoms with Crippen LogP contribution in [0.15, 0.2) is 18.2 Å². The molecule has 19 heavy (non-hydrogen) atoms. The van der Waals surface area contributed by atoms with Gasteiger partial charge in [0.15, 0.2) is 6.61 Å². The van der Waals surface area contributed by atoms with E-state index in [4.69, 9.17) is 21.1 Å². The fraction of sp³-hybridized carbons (Fsp3) is 0.462. The van der Waals surface area contributed by atoms with E-state index in [0.29, 0.717) is 12.3 Å². The number of halogens is 2. The Bertz CT molecular complexity index is 450. The van der Waals surface area contributed by atoms with Gasteiger partial charge in [-0.25, -0.2) is 4.39 Å². The molecule has 1 aliphatic heterocycles. The van der Waals surface area contributed by atoms with Crippen LogP contribution in [0.25, 0.3) is 0 Å². The Hall–Kier alpha value is -1.33. The average Bonchev–Trinajstić information content (AvgIpc) is 2.91. The van der Waals surface area contributed by atoms with Crippen molar-refractivity contribution in [3.63, 3.8) is 0 Å². The summed E-state index contributed by atoms with van der Waals surface area (Å²) in [6.45, 7) is 1.12. The second-order valence-electron chi connectivity index (χ2n) is 4.30. The van der Waals surface area contributed by atoms with Crippen molar-refractivity contribution >= 4 is 17.5 Å². The van der Waals surface area contributed by atoms with Crippen LogP contribution in [0.2, 0.25) is 5.02 Å². The lowest BCUT2D eigenvalue weighted by molar-refractivity contribution is -0.123. The van der Waals surface area contributed by atoms with Gasteiger partial charge in [-0.05, 0) is 25.0 Å². The van der Waals surface area contributed by atoms with Gasteiger partial charge < -0.3 is 14.8 Å². The molecule has 0 saturated carbocycles. The molecule has 0 bridgehead atoms. The van der Waals surface area contributed by atoms with E-state index >= 15 is 0 Å². The second kappa shape index (κ2) is 6.73. The molecule has 1 heterocycles. The van der Waals surface area contributed by atoms with Gasteiger partial charge in [-0.1, -0.05) is 11.6 Å². The molecule has 1 aliphatic rings. The zero-order valence-corrected chi connectivity index (χ0v) is 11.1. The molecule has 1 aromatic rings. The van der Waals surface area contributed by atoms with E-state index in [0.717, 1.165) is 19.4 Å². The van der Waals surface area contributed by atoms with Crippen molar-refractivity contribution in [1.29, 1.82) is 0 Å². The lowest BCUT2D eigenvalue weighted by Gasteiger charge is -2.11. The first-order chi connectivity index (χ1) is 9.15. The van der Waals surface area contributed by atoms with E-state index in [9.17, 15) is 9.18 Å². The number of carbonyl (C=O) groups is 1. The summed E-state index contributed by atoms with van der Waals surface area (Å²) in [5.74, 6) is -0.397. The number of ether oxygens (including phenoxy) is 2. The Morgan fingerprint density at radius 1 is 1.58 bits per heavy atom. The van der Waals surface area contributed by atoms with Gasteiger partial charge in [0.2, 0.25) is 0 Å². The number of nitrogens with one attached hydrogen (secondary N) is 1. The third-order valence-electron chi connectivity index (χ3n) is 2.81. The normalized spacial score (nSPS) is 18.3. The van der Waals surface area contributed by atoms with Gasteiger partial charge in [0.1, 0.15) is 11.6 Å². The first-order valence-electron chi connectivity index (χ1n) is 6.11. The Kier molecular flexibility index (Phi) is 4.99. The lowest BCUT2D eigenvalue weighted by atomic mass is 10.2. The van der Waals surface area contributed by atoms with Gasteiger partial charge in [-0.15, -0.1) is 0 Å². The summed E-state index contributed by atoms with van der Waals surface area (Å²) < 4.78 is 23.5. The van der Waals surface area contributed by atoms with E-state index in [2.05, 4.69) is 5.32 Å². The van der Waals surface area contributed by atoms with Gasteiger partial charge in [0.05, 0.1) is 11.1 Å². The van der Waals surface area contributed by atoms with Crippen LogP contribution < -0.4 is 10.1 Å². The molecular formula is C13H15ClFNO3. The Morgan fingerprint density at radius 3 is 3.11 bits per heavy atom. The molecule has 0 aliphatic carbocycles. The van der Waals surface area contributed by atoms with Crippen LogP contribution in [0.4, 0.5) is 4.39 Å². The first-order valence-corrected chi connectivity index (χ1v) is 6.49. The zero-order valence-electron chi connectivity index (χ0n) is 10.3. The topological polar surface area (TPSA) is 47.6 Å². The summed E-state index contributed by atoms with van der Waals surface area (Å²) >= 11 is 5.60. The Morgan fingerprint density at radius 2 is 2.42 bits per heavy atom. The molecule has 104 valence electrons. The standard InChI is InChI=1S/C13H15ClFNO3/c14-11-6-9(3-4-12(11)15)19-8-13(17)16-7-10-2-1-5-18-10/h3-4,6,10H,1-2,5,7-8H2,(H,16,17). The highest BCUT2D eigenvalue weighted by molar-refractivity contribution is 6.30. The van der Waals surface area contributed by atoms with E-state index in [1.165, 1.54) is 18.2 Å². The Labute approximate surface area is 115 Å². The maximum atomic E-state index is 12.9. The summed E-state index contributed by atoms with van der Waals surface area (Å²) in [6.07, 6.45) is 2.10. The first kappa shape index (κ1) is 14.1. The number of rotatable bonds is 5. The van der Waals surface area contributed by atoms with Crippen LogP contribution in [0.3, 0.4) is 0 Å². The van der Waals surface area contributed by atoms with Gasteiger partial charge in [-0.2, -0.15) is 0 Å². The highest BCUT2D eigenvalue weighted by atomic mass is 35.5. The predicted molar refractivity (Wildman–Crippen MR) is 68.9 cm³/mol. The van der Waals surface area contributed by atoms with E-state index in [1.54, 1.807) is 0 Å². The largest absolute Gasteiger partial charge is 0.484 e. The molecule has 1 aromatic carbocycles. The van der Waals surface area contributed by atoms with Gasteiger partial charge in [0, 0.05) is 19.2 Å². The van der Waals surface area contributed by atoms with Crippen molar-refractivity contribution in [3.05, 3.63) is 29.0 Å². The third-order valence-corrected chi connectivity index (χ3v) is 3.10. The average molecular weight is 288 g/mol. The monoisotopic (exact) mass is 287 g/mol. The van der Waals surface area contributed by atoms with Gasteiger partial charge >= 0.3 is 0 Å². The summed E-state index contributed by atoms with van der Waals surface area (Å²) in [5, 5.41) is 2.69. The molecule has 1 amide bonds. The van der Waals surface area contributed by atoms with Crippen molar-refractivity contribution in [2.45, 2.75) is 18.9 Å². The molecule has 1 fully saturated rings. The van der Waals surface area contributed by atoms with Crippen LogP contribution in [0.1, 0.15) is 12.8 Å². The third kappa shape index (κ3) is 4.36. The minimum atomic E-state index is -0.517. The molecule has 6 heteroatoms. The minimum absolute atomic E-state index is 0.0303. The minimum Gasteiger partial charge on any atom is -0.484 e. The van der Waals surface area contributed by atoms with Crippen LogP contribution in [-0.4, -0.2) is 31.8 Å². The highest BCUT2D eigenvalue weighted by Crippen LogP contribution is 2.20. The van der Waals surface area contributed by atoms with E-state index < -0.39 is 5.82 Å². The molecule has 1 unspecified atom stereocenters. The molecule has 1 atom stereocenters. The number of hydrogen-bond acceptors (Lipinski definition) is 3. The molecule has 1 saturated heterocycles. The molecule has 4 nitrogen and oxygen atoms in total. The summed E-state index contributed by atoms with van der Waals surface area (Å²) in [5.41, 5.74) is 0. The van der Waals surface area contributed by atoms with Crippen LogP contribution >= 0.6 is 11.6 Å². The SMILES string of the molecule is O=C(COc1ccc(F)c(Cl)c1)NCC1CCCO1. The molecule has 0 aromatic heterocycles. The lowest BCUT2D eigenvalue weighted by Crippen LogP contribution is -2.35. The van der Waals surface area contributed by atoms with Crippen LogP contribution in [-0.2, 0) is 9.53 Å². The Balaban J connectivity index is 1.71. The quantitative estimate of drug-likeness (QED) is 0.903. The van der Waals surface area contributed by atoms with Crippen LogP contribution in [0.5, 0.6) is 5.75 Å². The van der Waals surface area contributed by atoms with Crippen molar-refractivity contribution in [3.8, 4) is 5.75 Å². The van der Waals surface area contributed by atoms with Gasteiger partial charge in [-0.3, -0.25) is 4.79 Å². The fourth-order valence-corrected chi connectivity index (χ4v) is 1.97. The summed E-state index contributed by atoms with van der Waals surface area (Å²) in [7, 11) is 0. The van der Waals surface area contributed by atoms with Crippen molar-refractivity contribution in [2.75, 3.05) is 19.8 Å². The summed E-state index contributed by atoms with van der Waals surface area (Å²) in [4.78, 5) is 11.5. The van der Waals surface area contributed by atoms with Crippen molar-refractivity contribution < 1.29 is 18.7 Å². The number of benzene rings is 1.